The molecule has 0 radical (unpaired) electrons. The Morgan fingerprint density at radius 3 is 2.43 bits per heavy atom. The summed E-state index contributed by atoms with van der Waals surface area (Å²) in [6, 6.07) is 5.35. The first-order chi connectivity index (χ1) is 16.7. The molecule has 0 atom stereocenters. The van der Waals surface area contributed by atoms with Crippen LogP contribution >= 0.6 is 15.9 Å². The standard InChI is InChI=1S/C25H28BrN3O6/c1-13-12-14-8-7-11-25(2,3)17(14)18(26)20(13)35-16-10-9-15(34-16)21(30)27-19-22(31-4)28-24(33-6)29-23(19)32-5/h9-10,12H,7-8,11H2,1-6H3,(H,27,30). The first kappa shape index (κ1) is 24.8. The highest BCUT2D eigenvalue weighted by Crippen LogP contribution is 2.47. The first-order valence-electron chi connectivity index (χ1n) is 11.1. The number of aryl methyl sites for hydroxylation is 2. The summed E-state index contributed by atoms with van der Waals surface area (Å²) in [5.41, 5.74) is 3.76. The second-order valence-electron chi connectivity index (χ2n) is 8.89. The van der Waals surface area contributed by atoms with Gasteiger partial charge < -0.3 is 28.7 Å². The minimum Gasteiger partial charge on any atom is -0.479 e. The van der Waals surface area contributed by atoms with Crippen LogP contribution < -0.4 is 24.3 Å². The van der Waals surface area contributed by atoms with Gasteiger partial charge >= 0.3 is 6.01 Å². The largest absolute Gasteiger partial charge is 0.479 e. The van der Waals surface area contributed by atoms with E-state index >= 15 is 0 Å². The molecule has 1 aliphatic rings. The number of fused-ring (bicyclic) bond motifs is 1. The molecule has 2 aromatic heterocycles. The molecule has 0 spiro atoms. The number of hydrogen-bond acceptors (Lipinski definition) is 8. The van der Waals surface area contributed by atoms with E-state index in [4.69, 9.17) is 23.4 Å². The number of hydrogen-bond donors (Lipinski definition) is 1. The zero-order valence-corrected chi connectivity index (χ0v) is 22.2. The van der Waals surface area contributed by atoms with Gasteiger partial charge in [-0.05, 0) is 70.3 Å². The average molecular weight is 546 g/mol. The summed E-state index contributed by atoms with van der Waals surface area (Å²) in [6.07, 6.45) is 3.32. The van der Waals surface area contributed by atoms with Gasteiger partial charge in [0.15, 0.2) is 11.4 Å². The summed E-state index contributed by atoms with van der Waals surface area (Å²) in [5, 5.41) is 2.67. The highest BCUT2D eigenvalue weighted by molar-refractivity contribution is 9.10. The van der Waals surface area contributed by atoms with Crippen molar-refractivity contribution in [3.63, 3.8) is 0 Å². The molecule has 0 saturated carbocycles. The molecule has 35 heavy (non-hydrogen) atoms. The van der Waals surface area contributed by atoms with Crippen LogP contribution in [0, 0.1) is 6.92 Å². The van der Waals surface area contributed by atoms with Gasteiger partial charge in [-0.3, -0.25) is 4.79 Å². The fraction of sp³-hybridized carbons (Fsp3) is 0.400. The normalized spacial score (nSPS) is 14.1. The number of amides is 1. The molecule has 0 bridgehead atoms. The zero-order valence-electron chi connectivity index (χ0n) is 20.6. The van der Waals surface area contributed by atoms with Crippen LogP contribution in [0.2, 0.25) is 0 Å². The van der Waals surface area contributed by atoms with E-state index in [1.807, 2.05) is 6.92 Å². The van der Waals surface area contributed by atoms with Crippen LogP contribution in [-0.4, -0.2) is 37.2 Å². The second kappa shape index (κ2) is 9.77. The number of benzene rings is 1. The average Bonchev–Trinajstić information content (AvgIpc) is 3.30. The Bertz CT molecular complexity index is 1250. The van der Waals surface area contributed by atoms with Crippen molar-refractivity contribution in [2.75, 3.05) is 26.6 Å². The van der Waals surface area contributed by atoms with Crippen LogP contribution in [-0.2, 0) is 11.8 Å². The van der Waals surface area contributed by atoms with Crippen molar-refractivity contribution in [3.8, 4) is 29.5 Å². The molecule has 10 heteroatoms. The smallest absolute Gasteiger partial charge is 0.322 e. The third kappa shape index (κ3) is 4.80. The quantitative estimate of drug-likeness (QED) is 0.395. The Morgan fingerprint density at radius 1 is 1.11 bits per heavy atom. The highest BCUT2D eigenvalue weighted by atomic mass is 79.9. The minimum atomic E-state index is -0.549. The van der Waals surface area contributed by atoms with Crippen molar-refractivity contribution in [2.45, 2.75) is 45.4 Å². The molecule has 9 nitrogen and oxygen atoms in total. The molecule has 0 aliphatic heterocycles. The molecule has 1 aromatic carbocycles. The van der Waals surface area contributed by atoms with E-state index in [9.17, 15) is 4.79 Å². The van der Waals surface area contributed by atoms with Crippen molar-refractivity contribution in [3.05, 3.63) is 45.1 Å². The van der Waals surface area contributed by atoms with Gasteiger partial charge in [0.05, 0.1) is 25.8 Å². The van der Waals surface area contributed by atoms with Gasteiger partial charge in [0.1, 0.15) is 5.75 Å². The van der Waals surface area contributed by atoms with E-state index in [2.05, 4.69) is 51.1 Å². The minimum absolute atomic E-state index is 0.0327. The van der Waals surface area contributed by atoms with Crippen molar-refractivity contribution < 1.29 is 28.2 Å². The molecule has 186 valence electrons. The highest BCUT2D eigenvalue weighted by Gasteiger charge is 2.32. The third-order valence-corrected chi connectivity index (χ3v) is 6.81. The molecule has 1 aliphatic carbocycles. The summed E-state index contributed by atoms with van der Waals surface area (Å²) in [5.74, 6) is 0.520. The van der Waals surface area contributed by atoms with Crippen LogP contribution in [0.5, 0.6) is 29.5 Å². The summed E-state index contributed by atoms with van der Waals surface area (Å²) >= 11 is 3.78. The number of nitrogens with one attached hydrogen (secondary N) is 1. The van der Waals surface area contributed by atoms with Gasteiger partial charge in [-0.15, -0.1) is 0 Å². The van der Waals surface area contributed by atoms with Gasteiger partial charge in [-0.2, -0.15) is 9.97 Å². The summed E-state index contributed by atoms with van der Waals surface area (Å²) in [4.78, 5) is 21.1. The van der Waals surface area contributed by atoms with Gasteiger partial charge in [0.25, 0.3) is 11.9 Å². The van der Waals surface area contributed by atoms with Gasteiger partial charge in [-0.1, -0.05) is 19.9 Å². The molecular formula is C25H28BrN3O6. The van der Waals surface area contributed by atoms with Crippen LogP contribution in [0.15, 0.2) is 27.1 Å². The van der Waals surface area contributed by atoms with E-state index in [1.54, 1.807) is 6.07 Å². The monoisotopic (exact) mass is 545 g/mol. The van der Waals surface area contributed by atoms with Gasteiger partial charge in [0.2, 0.25) is 11.8 Å². The number of furan rings is 1. The number of rotatable bonds is 7. The van der Waals surface area contributed by atoms with E-state index in [1.165, 1.54) is 38.5 Å². The lowest BCUT2D eigenvalue weighted by molar-refractivity contribution is 0.0990. The SMILES string of the molecule is COc1nc(OC)c(NC(=O)c2ccc(Oc3c(C)cc4c(c3Br)C(C)(C)CCC4)o2)c(OC)n1. The fourth-order valence-corrected chi connectivity index (χ4v) is 5.58. The maximum Gasteiger partial charge on any atom is 0.322 e. The van der Waals surface area contributed by atoms with E-state index < -0.39 is 5.91 Å². The number of anilines is 1. The van der Waals surface area contributed by atoms with Crippen molar-refractivity contribution in [2.24, 2.45) is 0 Å². The summed E-state index contributed by atoms with van der Waals surface area (Å²) in [6.45, 7) is 6.49. The molecule has 0 saturated heterocycles. The molecule has 2 heterocycles. The number of nitrogens with zero attached hydrogens (tertiary/aromatic N) is 2. The predicted molar refractivity (Wildman–Crippen MR) is 133 cm³/mol. The Balaban J connectivity index is 1.59. The Hall–Kier alpha value is -3.27. The molecule has 4 rings (SSSR count). The van der Waals surface area contributed by atoms with Crippen LogP contribution in [0.3, 0.4) is 0 Å². The van der Waals surface area contributed by atoms with Crippen LogP contribution in [0.1, 0.15) is 53.9 Å². The topological polar surface area (TPSA) is 105 Å². The summed E-state index contributed by atoms with van der Waals surface area (Å²) < 4.78 is 28.3. The van der Waals surface area contributed by atoms with E-state index in [0.717, 1.165) is 29.3 Å². The van der Waals surface area contributed by atoms with Crippen molar-refractivity contribution in [1.29, 1.82) is 0 Å². The number of methoxy groups -OCH3 is 3. The lowest BCUT2D eigenvalue weighted by Crippen LogP contribution is -2.24. The number of aromatic nitrogens is 2. The zero-order chi connectivity index (χ0) is 25.3. The number of carbonyl (C=O) groups excluding carboxylic acids is 1. The Labute approximate surface area is 212 Å². The van der Waals surface area contributed by atoms with Gasteiger partial charge in [-0.25, -0.2) is 0 Å². The molecule has 0 fully saturated rings. The fourth-order valence-electron chi connectivity index (χ4n) is 4.40. The van der Waals surface area contributed by atoms with Crippen LogP contribution in [0.25, 0.3) is 0 Å². The Kier molecular flexibility index (Phi) is 6.93. The van der Waals surface area contributed by atoms with E-state index in [0.29, 0.717) is 5.75 Å². The number of carbonyl (C=O) groups is 1. The van der Waals surface area contributed by atoms with Crippen molar-refractivity contribution in [1.82, 2.24) is 9.97 Å². The lowest BCUT2D eigenvalue weighted by atomic mass is 9.72. The molecule has 1 amide bonds. The second-order valence-corrected chi connectivity index (χ2v) is 9.68. The van der Waals surface area contributed by atoms with Crippen LogP contribution in [0.4, 0.5) is 5.69 Å². The van der Waals surface area contributed by atoms with Crippen molar-refractivity contribution >= 4 is 27.5 Å². The molecule has 3 aromatic rings. The predicted octanol–water partition coefficient (Wildman–Crippen LogP) is 5.82. The van der Waals surface area contributed by atoms with Gasteiger partial charge in [0, 0.05) is 6.07 Å². The number of ether oxygens (including phenoxy) is 4. The lowest BCUT2D eigenvalue weighted by Gasteiger charge is -2.34. The third-order valence-electron chi connectivity index (χ3n) is 6.05. The molecule has 0 unspecified atom stereocenters. The maximum atomic E-state index is 12.9. The molecule has 1 N–H and O–H groups in total. The Morgan fingerprint density at radius 2 is 1.80 bits per heavy atom. The maximum absolute atomic E-state index is 12.9. The van der Waals surface area contributed by atoms with E-state index in [-0.39, 0.29) is 40.6 Å². The first-order valence-corrected chi connectivity index (χ1v) is 11.9. The summed E-state index contributed by atoms with van der Waals surface area (Å²) in [7, 11) is 4.24. The molecular weight excluding hydrogens is 518 g/mol. The number of halogens is 1.